The highest BCUT2D eigenvalue weighted by Crippen LogP contribution is 2.32. The Balaban J connectivity index is 1.73. The first-order valence-electron chi connectivity index (χ1n) is 11.0. The summed E-state index contributed by atoms with van der Waals surface area (Å²) in [6.07, 6.45) is 0. The number of hydrogen-bond donors (Lipinski definition) is 0. The van der Waals surface area contributed by atoms with Gasteiger partial charge in [0.2, 0.25) is 0 Å². The summed E-state index contributed by atoms with van der Waals surface area (Å²) in [4.78, 5) is 22.6. The van der Waals surface area contributed by atoms with Gasteiger partial charge in [0.05, 0.1) is 26.4 Å². The van der Waals surface area contributed by atoms with Crippen molar-refractivity contribution in [2.24, 2.45) is 0 Å². The van der Waals surface area contributed by atoms with Crippen molar-refractivity contribution in [1.82, 2.24) is 0 Å². The van der Waals surface area contributed by atoms with Crippen molar-refractivity contribution in [3.05, 3.63) is 60.7 Å². The predicted octanol–water partition coefficient (Wildman–Crippen LogP) is 3.87. The summed E-state index contributed by atoms with van der Waals surface area (Å²) in [5, 5.41) is 1.84. The lowest BCUT2D eigenvalue weighted by molar-refractivity contribution is -0.141. The van der Waals surface area contributed by atoms with Gasteiger partial charge in [-0.2, -0.15) is 0 Å². The Bertz CT molecular complexity index is 903. The average Bonchev–Trinajstić information content (AvgIpc) is 2.82. The van der Waals surface area contributed by atoms with Crippen LogP contribution in [0.2, 0.25) is 0 Å². The second-order valence-electron chi connectivity index (χ2n) is 7.36. The maximum absolute atomic E-state index is 11.3. The third kappa shape index (κ3) is 9.25. The van der Waals surface area contributed by atoms with Crippen LogP contribution in [0.1, 0.15) is 13.8 Å². The lowest BCUT2D eigenvalue weighted by Gasteiger charge is -2.13. The van der Waals surface area contributed by atoms with Crippen molar-refractivity contribution in [1.29, 1.82) is 0 Å². The normalized spacial score (nSPS) is 10.5. The third-order valence-electron chi connectivity index (χ3n) is 4.43. The number of carbonyl (C=O) groups excluding carboxylic acids is 2. The largest absolute Gasteiger partial charge is 0.491 e. The van der Waals surface area contributed by atoms with E-state index in [9.17, 15) is 9.59 Å². The number of benzene rings is 2. The van der Waals surface area contributed by atoms with Crippen LogP contribution in [0.3, 0.4) is 0 Å². The first-order valence-corrected chi connectivity index (χ1v) is 11.0. The van der Waals surface area contributed by atoms with Crippen molar-refractivity contribution in [3.8, 4) is 11.5 Å². The predicted molar refractivity (Wildman–Crippen MR) is 128 cm³/mol. The first-order chi connectivity index (χ1) is 16.4. The van der Waals surface area contributed by atoms with Crippen LogP contribution in [0, 0.1) is 0 Å². The number of esters is 2. The second kappa shape index (κ2) is 14.7. The molecule has 34 heavy (non-hydrogen) atoms. The fraction of sp³-hybridized carbons (Fsp3) is 0.385. The van der Waals surface area contributed by atoms with Crippen LogP contribution in [-0.2, 0) is 28.5 Å². The molecule has 0 fully saturated rings. The van der Waals surface area contributed by atoms with E-state index in [1.54, 1.807) is 13.8 Å². The van der Waals surface area contributed by atoms with E-state index in [-0.39, 0.29) is 26.4 Å². The molecule has 0 aliphatic carbocycles. The summed E-state index contributed by atoms with van der Waals surface area (Å²) in [7, 11) is 0. The molecule has 0 aliphatic heterocycles. The maximum Gasteiger partial charge on any atom is 0.333 e. The average molecular weight is 473 g/mol. The SMILES string of the molecule is C=C(C)C(=O)OCCOCCOc1cccc2c(OCCOCCOC(=O)C(=C)C)cccc12. The fourth-order valence-electron chi connectivity index (χ4n) is 2.76. The minimum atomic E-state index is -0.427. The number of rotatable bonds is 16. The number of carbonyl (C=O) groups is 2. The summed E-state index contributed by atoms with van der Waals surface area (Å²) in [5.41, 5.74) is 0.716. The molecule has 8 nitrogen and oxygen atoms in total. The molecule has 0 saturated carbocycles. The van der Waals surface area contributed by atoms with Gasteiger partial charge < -0.3 is 28.4 Å². The maximum atomic E-state index is 11.3. The van der Waals surface area contributed by atoms with Crippen LogP contribution in [0.25, 0.3) is 10.8 Å². The monoisotopic (exact) mass is 472 g/mol. The van der Waals surface area contributed by atoms with Crippen LogP contribution in [0.4, 0.5) is 0 Å². The van der Waals surface area contributed by atoms with Gasteiger partial charge >= 0.3 is 11.9 Å². The van der Waals surface area contributed by atoms with Gasteiger partial charge in [0.15, 0.2) is 0 Å². The molecule has 2 aromatic carbocycles. The van der Waals surface area contributed by atoms with Crippen molar-refractivity contribution in [2.75, 3.05) is 52.9 Å². The Morgan fingerprint density at radius 2 is 1.00 bits per heavy atom. The van der Waals surface area contributed by atoms with E-state index in [1.807, 2.05) is 36.4 Å². The molecule has 0 amide bonds. The van der Waals surface area contributed by atoms with Gasteiger partial charge in [-0.15, -0.1) is 0 Å². The van der Waals surface area contributed by atoms with Crippen molar-refractivity contribution < 1.29 is 38.0 Å². The Hall–Kier alpha value is -3.36. The molecule has 0 atom stereocenters. The smallest absolute Gasteiger partial charge is 0.333 e. The zero-order valence-electron chi connectivity index (χ0n) is 19.8. The molecule has 2 aromatic rings. The number of hydrogen-bond acceptors (Lipinski definition) is 8. The van der Waals surface area contributed by atoms with Crippen molar-refractivity contribution in [2.45, 2.75) is 13.8 Å². The topological polar surface area (TPSA) is 89.5 Å². The van der Waals surface area contributed by atoms with E-state index in [4.69, 9.17) is 28.4 Å². The van der Waals surface area contributed by atoms with E-state index in [0.717, 1.165) is 22.3 Å². The molecule has 0 aliphatic rings. The summed E-state index contributed by atoms with van der Waals surface area (Å²) in [5.74, 6) is 0.584. The van der Waals surface area contributed by atoms with E-state index >= 15 is 0 Å². The molecule has 0 saturated heterocycles. The minimum absolute atomic E-state index is 0.171. The Kier molecular flexibility index (Phi) is 11.6. The van der Waals surface area contributed by atoms with E-state index in [1.165, 1.54) is 0 Å². The van der Waals surface area contributed by atoms with E-state index in [0.29, 0.717) is 37.6 Å². The van der Waals surface area contributed by atoms with E-state index < -0.39 is 11.9 Å². The molecular formula is C26H32O8. The highest BCUT2D eigenvalue weighted by molar-refractivity contribution is 5.93. The van der Waals surface area contributed by atoms with Gasteiger partial charge in [-0.25, -0.2) is 9.59 Å². The molecule has 0 unspecified atom stereocenters. The summed E-state index contributed by atoms with van der Waals surface area (Å²) in [6.45, 7) is 12.6. The Morgan fingerprint density at radius 3 is 1.38 bits per heavy atom. The zero-order valence-corrected chi connectivity index (χ0v) is 19.8. The quantitative estimate of drug-likeness (QED) is 0.207. The molecule has 2 rings (SSSR count). The fourth-order valence-corrected chi connectivity index (χ4v) is 2.76. The molecule has 0 bridgehead atoms. The highest BCUT2D eigenvalue weighted by Gasteiger charge is 2.08. The van der Waals surface area contributed by atoms with Crippen LogP contribution < -0.4 is 9.47 Å². The standard InChI is InChI=1S/C26H32O8/c1-19(2)25(27)33-17-13-29-11-15-31-23-9-5-8-22-21(23)7-6-10-24(22)32-16-12-30-14-18-34-26(28)20(3)4/h5-10H,1,3,11-18H2,2,4H3. The van der Waals surface area contributed by atoms with Crippen molar-refractivity contribution in [3.63, 3.8) is 0 Å². The molecule has 0 radical (unpaired) electrons. The number of ether oxygens (including phenoxy) is 6. The molecule has 0 heterocycles. The van der Waals surface area contributed by atoms with E-state index in [2.05, 4.69) is 13.2 Å². The van der Waals surface area contributed by atoms with Gasteiger partial charge in [0.25, 0.3) is 0 Å². The Morgan fingerprint density at radius 1 is 0.618 bits per heavy atom. The van der Waals surface area contributed by atoms with Crippen LogP contribution in [0.5, 0.6) is 11.5 Å². The molecule has 8 heteroatoms. The minimum Gasteiger partial charge on any atom is -0.491 e. The second-order valence-corrected chi connectivity index (χ2v) is 7.36. The lowest BCUT2D eigenvalue weighted by atomic mass is 10.1. The highest BCUT2D eigenvalue weighted by atomic mass is 16.6. The Labute approximate surface area is 200 Å². The molecule has 184 valence electrons. The van der Waals surface area contributed by atoms with Crippen LogP contribution in [-0.4, -0.2) is 64.8 Å². The van der Waals surface area contributed by atoms with Gasteiger partial charge in [-0.3, -0.25) is 0 Å². The molecule has 0 N–H and O–H groups in total. The lowest BCUT2D eigenvalue weighted by Crippen LogP contribution is -2.14. The van der Waals surface area contributed by atoms with Gasteiger partial charge in [-0.05, 0) is 26.0 Å². The first kappa shape index (κ1) is 26.9. The summed E-state index contributed by atoms with van der Waals surface area (Å²) in [6, 6.07) is 11.5. The van der Waals surface area contributed by atoms with Gasteiger partial charge in [0.1, 0.15) is 37.9 Å². The summed E-state index contributed by atoms with van der Waals surface area (Å²) >= 11 is 0. The molecule has 0 spiro atoms. The summed E-state index contributed by atoms with van der Waals surface area (Å²) < 4.78 is 32.6. The molecule has 0 aromatic heterocycles. The third-order valence-corrected chi connectivity index (χ3v) is 4.43. The number of fused-ring (bicyclic) bond motifs is 1. The van der Waals surface area contributed by atoms with Crippen LogP contribution >= 0.6 is 0 Å². The van der Waals surface area contributed by atoms with Crippen LogP contribution in [0.15, 0.2) is 60.7 Å². The zero-order chi connectivity index (χ0) is 24.8. The van der Waals surface area contributed by atoms with Gasteiger partial charge in [-0.1, -0.05) is 37.4 Å². The van der Waals surface area contributed by atoms with Crippen molar-refractivity contribution >= 4 is 22.7 Å². The molecular weight excluding hydrogens is 440 g/mol. The van der Waals surface area contributed by atoms with Gasteiger partial charge in [0, 0.05) is 21.9 Å².